The third kappa shape index (κ3) is 7.37. The molecular weight excluding hydrogens is 867 g/mol. The van der Waals surface area contributed by atoms with Crippen molar-refractivity contribution in [2.45, 2.75) is 46.5 Å². The van der Waals surface area contributed by atoms with Crippen LogP contribution < -0.4 is 4.90 Å². The molecule has 0 radical (unpaired) electrons. The molecule has 348 valence electrons. The lowest BCUT2D eigenvalue weighted by atomic mass is 9.67. The van der Waals surface area contributed by atoms with Gasteiger partial charge in [-0.2, -0.15) is 0 Å². The number of rotatable bonds is 7. The van der Waals surface area contributed by atoms with Crippen LogP contribution in [0, 0.1) is 0 Å². The molecule has 0 aromatic heterocycles. The molecule has 1 aliphatic carbocycles. The van der Waals surface area contributed by atoms with Crippen molar-refractivity contribution in [2.75, 3.05) is 4.90 Å². The van der Waals surface area contributed by atoms with Crippen LogP contribution in [0.3, 0.4) is 0 Å². The molecular formula is C67H57NO3. The molecule has 11 aromatic carbocycles. The van der Waals surface area contributed by atoms with Crippen molar-refractivity contribution in [3.63, 3.8) is 0 Å². The highest BCUT2D eigenvalue weighted by Crippen LogP contribution is 2.65. The van der Waals surface area contributed by atoms with E-state index in [4.69, 9.17) is 0 Å². The normalized spacial score (nSPS) is 12.6. The van der Waals surface area contributed by atoms with Crippen LogP contribution in [0.5, 0.6) is 17.2 Å². The molecule has 0 saturated carbocycles. The van der Waals surface area contributed by atoms with Gasteiger partial charge in [0.25, 0.3) is 0 Å². The summed E-state index contributed by atoms with van der Waals surface area (Å²) in [6.07, 6.45) is 2.96. The highest BCUT2D eigenvalue weighted by atomic mass is 16.3. The summed E-state index contributed by atoms with van der Waals surface area (Å²) in [6.45, 7) is 13.6. The minimum absolute atomic E-state index is 0.0911. The van der Waals surface area contributed by atoms with Crippen LogP contribution in [0.1, 0.15) is 63.3 Å². The number of aromatic hydroxyl groups is 3. The molecule has 4 heteroatoms. The van der Waals surface area contributed by atoms with Crippen LogP contribution in [0.25, 0.3) is 70.6 Å². The van der Waals surface area contributed by atoms with Crippen molar-refractivity contribution in [3.05, 3.63) is 247 Å². The Morgan fingerprint density at radius 2 is 0.901 bits per heavy atom. The van der Waals surface area contributed by atoms with E-state index < -0.39 is 11.2 Å². The molecule has 0 heterocycles. The molecule has 12 rings (SSSR count). The lowest BCUT2D eigenvalue weighted by Gasteiger charge is -2.36. The fraction of sp³-hybridized carbons (Fsp3) is 0.104. The summed E-state index contributed by atoms with van der Waals surface area (Å²) in [6, 6.07) is 71.2. The number of fused-ring (bicyclic) bond motifs is 10. The molecule has 0 unspecified atom stereocenters. The number of hydrogen-bond acceptors (Lipinski definition) is 4. The first-order valence-corrected chi connectivity index (χ1v) is 24.6. The molecule has 0 bridgehead atoms. The minimum atomic E-state index is -0.989. The average molecular weight is 924 g/mol. The molecule has 0 atom stereocenters. The quantitative estimate of drug-likeness (QED) is 0.0645. The molecule has 0 fully saturated rings. The van der Waals surface area contributed by atoms with Gasteiger partial charge in [0.2, 0.25) is 0 Å². The Morgan fingerprint density at radius 1 is 0.465 bits per heavy atom. The highest BCUT2D eigenvalue weighted by molar-refractivity contribution is 6.26. The third-order valence-electron chi connectivity index (χ3n) is 14.4. The molecule has 3 N–H and O–H groups in total. The van der Waals surface area contributed by atoms with Crippen molar-refractivity contribution >= 4 is 76.5 Å². The number of benzene rings is 11. The van der Waals surface area contributed by atoms with E-state index >= 15 is 0 Å². The van der Waals surface area contributed by atoms with Gasteiger partial charge < -0.3 is 20.2 Å². The lowest BCUT2D eigenvalue weighted by Crippen LogP contribution is -2.29. The van der Waals surface area contributed by atoms with E-state index in [-0.39, 0.29) is 17.2 Å². The average Bonchev–Trinajstić information content (AvgIpc) is 3.68. The Balaban J connectivity index is 0.000000926. The van der Waals surface area contributed by atoms with Crippen molar-refractivity contribution in [1.29, 1.82) is 0 Å². The molecule has 1 aliphatic rings. The van der Waals surface area contributed by atoms with Crippen LogP contribution >= 0.6 is 0 Å². The SMILES string of the molecule is C=CCC.CC.CC1=C(C)C(c2ccccc2)(c2ccccc2)c2c(O)c(N(c3ccc(-c4cc5ccccc5c5ccccc45)cc3)c3ccc4c5ccccc5c5ccccc5c4c3)c(O)c(O)c21. The number of nitrogens with zero attached hydrogens (tertiary/aromatic N) is 1. The minimum Gasteiger partial charge on any atom is -0.505 e. The largest absolute Gasteiger partial charge is 0.505 e. The van der Waals surface area contributed by atoms with Crippen molar-refractivity contribution < 1.29 is 15.3 Å². The summed E-state index contributed by atoms with van der Waals surface area (Å²) in [5.41, 5.74) is 7.22. The van der Waals surface area contributed by atoms with E-state index in [1.807, 2.05) is 86.3 Å². The maximum atomic E-state index is 13.3. The summed E-state index contributed by atoms with van der Waals surface area (Å²) < 4.78 is 0. The van der Waals surface area contributed by atoms with Gasteiger partial charge in [-0.05, 0) is 132 Å². The van der Waals surface area contributed by atoms with Crippen LogP contribution in [0.15, 0.2) is 224 Å². The van der Waals surface area contributed by atoms with Gasteiger partial charge in [0.1, 0.15) is 11.4 Å². The molecule has 4 nitrogen and oxygen atoms in total. The molecule has 11 aromatic rings. The van der Waals surface area contributed by atoms with Crippen molar-refractivity contribution in [1.82, 2.24) is 0 Å². The fourth-order valence-electron chi connectivity index (χ4n) is 11.1. The first-order chi connectivity index (χ1) is 34.8. The smallest absolute Gasteiger partial charge is 0.186 e. The zero-order chi connectivity index (χ0) is 49.4. The summed E-state index contributed by atoms with van der Waals surface area (Å²) >= 11 is 0. The van der Waals surface area contributed by atoms with Crippen LogP contribution in [0.2, 0.25) is 0 Å². The van der Waals surface area contributed by atoms with Gasteiger partial charge in [0, 0.05) is 22.5 Å². The number of anilines is 3. The Hall–Kier alpha value is -8.60. The number of allylic oxidation sites excluding steroid dienone is 3. The molecule has 0 spiro atoms. The Labute approximate surface area is 416 Å². The van der Waals surface area contributed by atoms with Gasteiger partial charge in [-0.3, -0.25) is 0 Å². The van der Waals surface area contributed by atoms with Crippen molar-refractivity contribution in [2.24, 2.45) is 0 Å². The number of phenolic OH excluding ortho intramolecular Hbond substituents is 3. The first-order valence-electron chi connectivity index (χ1n) is 24.6. The van der Waals surface area contributed by atoms with Crippen LogP contribution in [-0.2, 0) is 5.41 Å². The predicted octanol–water partition coefficient (Wildman–Crippen LogP) is 18.5. The Kier molecular flexibility index (Phi) is 12.4. The lowest BCUT2D eigenvalue weighted by molar-refractivity contribution is 0.394. The van der Waals surface area contributed by atoms with Crippen LogP contribution in [0.4, 0.5) is 17.1 Å². The van der Waals surface area contributed by atoms with Gasteiger partial charge in [-0.25, -0.2) is 0 Å². The first kappa shape index (κ1) is 46.1. The van der Waals surface area contributed by atoms with E-state index in [1.165, 1.54) is 16.2 Å². The second kappa shape index (κ2) is 19.1. The molecule has 0 amide bonds. The maximum absolute atomic E-state index is 13.3. The van der Waals surface area contributed by atoms with Gasteiger partial charge in [0.15, 0.2) is 11.5 Å². The summed E-state index contributed by atoms with van der Waals surface area (Å²) in [7, 11) is 0. The molecule has 0 aliphatic heterocycles. The number of hydrogen-bond donors (Lipinski definition) is 3. The standard InChI is InChI=1S/C61H43NO3.C4H8.C2H6/c1-37-38(2)61(41-18-5-3-6-19-41,42-20-7-4-8-21-42)56-55(37)58(63)60(65)57(59(56)64)62(44-33-34-52-49-26-13-12-24-47(49)48-25-14-16-28-51(48)54(52)36-44)43-31-29-39(30-32-43)53-35-40-17-9-10-22-45(40)46-23-11-15-27-50(46)53;1-3-4-2;1-2/h3-36,63-65H,1-2H3;3H,1,4H2,2H3;1-2H3. The molecule has 0 saturated heterocycles. The van der Waals surface area contributed by atoms with Gasteiger partial charge in [-0.15, -0.1) is 6.58 Å². The molecule has 71 heavy (non-hydrogen) atoms. The van der Waals surface area contributed by atoms with E-state index in [9.17, 15) is 15.3 Å². The predicted molar refractivity (Wildman–Crippen MR) is 302 cm³/mol. The summed E-state index contributed by atoms with van der Waals surface area (Å²) in [4.78, 5) is 1.90. The van der Waals surface area contributed by atoms with E-state index in [0.29, 0.717) is 22.5 Å². The summed E-state index contributed by atoms with van der Waals surface area (Å²) in [5.74, 6) is -0.800. The summed E-state index contributed by atoms with van der Waals surface area (Å²) in [5, 5.41) is 49.7. The second-order valence-electron chi connectivity index (χ2n) is 18.0. The van der Waals surface area contributed by atoms with Gasteiger partial charge in [0.05, 0.1) is 5.41 Å². The zero-order valence-electron chi connectivity index (χ0n) is 40.9. The topological polar surface area (TPSA) is 63.9 Å². The Bertz CT molecular complexity index is 3760. The van der Waals surface area contributed by atoms with Gasteiger partial charge >= 0.3 is 0 Å². The van der Waals surface area contributed by atoms with E-state index in [0.717, 1.165) is 77.5 Å². The zero-order valence-corrected chi connectivity index (χ0v) is 40.9. The second-order valence-corrected chi connectivity index (χ2v) is 18.0. The van der Waals surface area contributed by atoms with E-state index in [1.54, 1.807) is 0 Å². The van der Waals surface area contributed by atoms with Crippen LogP contribution in [-0.4, -0.2) is 15.3 Å². The van der Waals surface area contributed by atoms with Gasteiger partial charge in [-0.1, -0.05) is 208 Å². The maximum Gasteiger partial charge on any atom is 0.186 e. The Morgan fingerprint density at radius 3 is 1.44 bits per heavy atom. The number of phenols is 3. The van der Waals surface area contributed by atoms with Crippen molar-refractivity contribution in [3.8, 4) is 28.4 Å². The fourth-order valence-corrected chi connectivity index (χ4v) is 11.1. The monoisotopic (exact) mass is 923 g/mol. The van der Waals surface area contributed by atoms with E-state index in [2.05, 4.69) is 172 Å². The third-order valence-corrected chi connectivity index (χ3v) is 14.4. The highest BCUT2D eigenvalue weighted by Gasteiger charge is 2.50.